The molecule has 3 rings (SSSR count). The van der Waals surface area contributed by atoms with E-state index in [0.717, 1.165) is 50.7 Å². The van der Waals surface area contributed by atoms with Crippen molar-refractivity contribution >= 4 is 65.6 Å². The lowest BCUT2D eigenvalue weighted by atomic mass is 10.2. The second-order valence-corrected chi connectivity index (χ2v) is 6.05. The molecule has 8 heteroatoms. The van der Waals surface area contributed by atoms with Crippen LogP contribution in [0.4, 0.5) is 11.4 Å². The van der Waals surface area contributed by atoms with Crippen molar-refractivity contribution < 1.29 is 0 Å². The summed E-state index contributed by atoms with van der Waals surface area (Å²) in [6, 6.07) is 0. The Morgan fingerprint density at radius 3 is 2.11 bits per heavy atom. The molecule has 1 aliphatic rings. The summed E-state index contributed by atoms with van der Waals surface area (Å²) in [6.07, 6.45) is 2.19. The normalized spacial score (nSPS) is 13.1. The summed E-state index contributed by atoms with van der Waals surface area (Å²) in [4.78, 5) is 1.74. The maximum Gasteiger partial charge on any atom is 0.130 e. The van der Waals surface area contributed by atoms with Gasteiger partial charge in [0.1, 0.15) is 22.4 Å². The molecule has 0 radical (unpaired) electrons. The van der Waals surface area contributed by atoms with Gasteiger partial charge in [-0.05, 0) is 38.3 Å². The van der Waals surface area contributed by atoms with Crippen molar-refractivity contribution in [2.45, 2.75) is 26.3 Å². The van der Waals surface area contributed by atoms with E-state index in [2.05, 4.69) is 57.7 Å². The smallest absolute Gasteiger partial charge is 0.130 e. The minimum atomic E-state index is 0.831. The molecule has 0 bridgehead atoms. The highest BCUT2D eigenvalue weighted by atomic mass is 79.9. The summed E-state index contributed by atoms with van der Waals surface area (Å²) >= 11 is 8.28. The molecule has 0 amide bonds. The van der Waals surface area contributed by atoms with Crippen LogP contribution in [0.2, 0.25) is 0 Å². The molecule has 0 saturated heterocycles. The van der Waals surface area contributed by atoms with Crippen molar-refractivity contribution in [3.63, 3.8) is 0 Å². The van der Waals surface area contributed by atoms with E-state index in [0.29, 0.717) is 0 Å². The van der Waals surface area contributed by atoms with E-state index in [1.165, 1.54) is 11.4 Å². The van der Waals surface area contributed by atoms with Crippen molar-refractivity contribution in [1.82, 2.24) is 15.0 Å². The molecule has 1 aromatic carbocycles. The van der Waals surface area contributed by atoms with Gasteiger partial charge in [-0.3, -0.25) is 0 Å². The highest BCUT2D eigenvalue weighted by Gasteiger charge is 2.22. The average molecular weight is 391 g/mol. The van der Waals surface area contributed by atoms with E-state index in [1.807, 2.05) is 0 Å². The monoisotopic (exact) mass is 389 g/mol. The largest absolute Gasteiger partial charge is 0.184 e. The first-order chi connectivity index (χ1) is 8.72. The van der Waals surface area contributed by atoms with Gasteiger partial charge in [0.05, 0.1) is 26.8 Å². The highest BCUT2D eigenvalue weighted by molar-refractivity contribution is 9.11. The Bertz CT molecular complexity index is 651. The zero-order valence-electron chi connectivity index (χ0n) is 9.52. The van der Waals surface area contributed by atoms with Gasteiger partial charge in [-0.15, -0.1) is 0 Å². The topological polar surface area (TPSA) is 55.4 Å². The second-order valence-electron chi connectivity index (χ2n) is 3.94. The molecule has 0 unspecified atom stereocenters. The predicted octanol–water partition coefficient (Wildman–Crippen LogP) is 4.48. The average Bonchev–Trinajstić information content (AvgIpc) is 3.00. The van der Waals surface area contributed by atoms with Crippen LogP contribution < -0.4 is 0 Å². The Balaban J connectivity index is 2.20. The first kappa shape index (κ1) is 12.4. The van der Waals surface area contributed by atoms with E-state index >= 15 is 0 Å². The SMILES string of the molecule is CCCCn1nc2c(Br)c3c(c(Br)c2n1)N=S=N3. The number of hydrogen-bond acceptors (Lipinski definition) is 4. The first-order valence-electron chi connectivity index (χ1n) is 5.56. The molecule has 0 fully saturated rings. The van der Waals surface area contributed by atoms with Crippen molar-refractivity contribution in [3.8, 4) is 0 Å². The fourth-order valence-corrected chi connectivity index (χ4v) is 3.63. The summed E-state index contributed by atoms with van der Waals surface area (Å²) in [5.41, 5.74) is 3.33. The van der Waals surface area contributed by atoms with Crippen LogP contribution in [-0.4, -0.2) is 15.0 Å². The summed E-state index contributed by atoms with van der Waals surface area (Å²) in [5, 5.41) is 9.01. The fourth-order valence-electron chi connectivity index (χ4n) is 1.74. The first-order valence-corrected chi connectivity index (χ1v) is 7.88. The van der Waals surface area contributed by atoms with Crippen molar-refractivity contribution in [2.24, 2.45) is 8.73 Å². The molecule has 0 aliphatic carbocycles. The number of hydrogen-bond donors (Lipinski definition) is 0. The zero-order chi connectivity index (χ0) is 12.7. The second kappa shape index (κ2) is 4.82. The summed E-state index contributed by atoms with van der Waals surface area (Å²) in [7, 11) is 0. The third kappa shape index (κ3) is 1.86. The number of aromatic nitrogens is 3. The van der Waals surface area contributed by atoms with Crippen LogP contribution >= 0.6 is 31.9 Å². The lowest BCUT2D eigenvalue weighted by Crippen LogP contribution is -2.01. The van der Waals surface area contributed by atoms with Gasteiger partial charge in [0.15, 0.2) is 0 Å². The van der Waals surface area contributed by atoms with Crippen molar-refractivity contribution in [2.75, 3.05) is 0 Å². The Kier molecular flexibility index (Phi) is 3.33. The van der Waals surface area contributed by atoms with Gasteiger partial charge in [0.2, 0.25) is 0 Å². The van der Waals surface area contributed by atoms with Crippen molar-refractivity contribution in [3.05, 3.63) is 8.95 Å². The molecule has 18 heavy (non-hydrogen) atoms. The lowest BCUT2D eigenvalue weighted by molar-refractivity contribution is 0.514. The Morgan fingerprint density at radius 2 is 1.61 bits per heavy atom. The molecule has 2 heterocycles. The Morgan fingerprint density at radius 1 is 1.06 bits per heavy atom. The van der Waals surface area contributed by atoms with Gasteiger partial charge < -0.3 is 0 Å². The maximum atomic E-state index is 4.51. The number of aryl methyl sites for hydroxylation is 1. The number of benzene rings is 1. The van der Waals surface area contributed by atoms with Crippen LogP contribution in [0.1, 0.15) is 19.8 Å². The molecule has 94 valence electrons. The number of nitrogens with zero attached hydrogens (tertiary/aromatic N) is 5. The standard InChI is InChI=1S/C10H9Br2N5S/c1-2-3-4-17-13-7-5(11)9-10(16-18-15-9)6(12)8(7)14-17/h2-4H2,1H3. The molecule has 0 spiro atoms. The van der Waals surface area contributed by atoms with Gasteiger partial charge in [-0.1, -0.05) is 13.3 Å². The number of fused-ring (bicyclic) bond motifs is 2. The van der Waals surface area contributed by atoms with E-state index in [4.69, 9.17) is 0 Å². The van der Waals surface area contributed by atoms with Crippen LogP contribution in [0.15, 0.2) is 17.7 Å². The van der Waals surface area contributed by atoms with Gasteiger partial charge in [0.25, 0.3) is 0 Å². The molecular weight excluding hydrogens is 382 g/mol. The van der Waals surface area contributed by atoms with Crippen LogP contribution in [0.3, 0.4) is 0 Å². The van der Waals surface area contributed by atoms with Gasteiger partial charge in [-0.2, -0.15) is 23.7 Å². The van der Waals surface area contributed by atoms with Gasteiger partial charge >= 0.3 is 0 Å². The third-order valence-corrected chi connectivity index (χ3v) is 4.72. The molecule has 1 aromatic heterocycles. The summed E-state index contributed by atoms with van der Waals surface area (Å²) < 4.78 is 10.3. The van der Waals surface area contributed by atoms with Crippen LogP contribution in [0.5, 0.6) is 0 Å². The van der Waals surface area contributed by atoms with E-state index in [-0.39, 0.29) is 0 Å². The van der Waals surface area contributed by atoms with Crippen LogP contribution in [-0.2, 0) is 17.9 Å². The number of halogens is 2. The van der Waals surface area contributed by atoms with Gasteiger partial charge in [-0.25, -0.2) is 0 Å². The summed E-state index contributed by atoms with van der Waals surface area (Å²) in [5.74, 6) is 0. The maximum absolute atomic E-state index is 4.51. The molecule has 0 saturated carbocycles. The number of unbranched alkanes of at least 4 members (excludes halogenated alkanes) is 1. The molecule has 0 N–H and O–H groups in total. The molecule has 5 nitrogen and oxygen atoms in total. The minimum Gasteiger partial charge on any atom is -0.184 e. The summed E-state index contributed by atoms with van der Waals surface area (Å²) in [6.45, 7) is 2.98. The van der Waals surface area contributed by atoms with E-state index < -0.39 is 0 Å². The van der Waals surface area contributed by atoms with Crippen LogP contribution in [0.25, 0.3) is 11.0 Å². The molecule has 0 atom stereocenters. The molecular formula is C10H9Br2N5S. The number of rotatable bonds is 3. The van der Waals surface area contributed by atoms with Crippen molar-refractivity contribution in [1.29, 1.82) is 0 Å². The highest BCUT2D eigenvalue weighted by Crippen LogP contribution is 2.47. The predicted molar refractivity (Wildman–Crippen MR) is 79.4 cm³/mol. The minimum absolute atomic E-state index is 0.831. The van der Waals surface area contributed by atoms with Crippen LogP contribution in [0, 0.1) is 0 Å². The molecule has 2 aromatic rings. The van der Waals surface area contributed by atoms with E-state index in [9.17, 15) is 0 Å². The quantitative estimate of drug-likeness (QED) is 0.661. The lowest BCUT2D eigenvalue weighted by Gasteiger charge is -2.00. The zero-order valence-corrected chi connectivity index (χ0v) is 13.5. The van der Waals surface area contributed by atoms with E-state index in [1.54, 1.807) is 4.80 Å². The Hall–Kier alpha value is -0.600. The molecule has 1 aliphatic heterocycles. The van der Waals surface area contributed by atoms with Gasteiger partial charge in [0, 0.05) is 0 Å². The Labute approximate surface area is 124 Å². The fraction of sp³-hybridized carbons (Fsp3) is 0.400. The third-order valence-electron chi connectivity index (χ3n) is 2.69.